The minimum Gasteiger partial charge on any atom is -0.361 e. The van der Waals surface area contributed by atoms with Crippen molar-refractivity contribution in [2.75, 3.05) is 18.5 Å². The Bertz CT molecular complexity index is 1150. The lowest BCUT2D eigenvalue weighted by molar-refractivity contribution is -0.139. The van der Waals surface area contributed by atoms with Crippen LogP contribution in [0.15, 0.2) is 29.6 Å². The molecular formula is C27H35FN4O4S. The predicted molar refractivity (Wildman–Crippen MR) is 141 cm³/mol. The van der Waals surface area contributed by atoms with E-state index in [4.69, 9.17) is 4.74 Å². The lowest BCUT2D eigenvalue weighted by Crippen LogP contribution is -2.54. The molecule has 0 spiro atoms. The van der Waals surface area contributed by atoms with Gasteiger partial charge in [0, 0.05) is 22.5 Å². The Labute approximate surface area is 221 Å². The molecule has 0 radical (unpaired) electrons. The fraction of sp³-hybridized carbons (Fsp3) is 0.556. The predicted octanol–water partition coefficient (Wildman–Crippen LogP) is 4.07. The Morgan fingerprint density at radius 2 is 1.95 bits per heavy atom. The molecule has 2 aliphatic heterocycles. The van der Waals surface area contributed by atoms with Gasteiger partial charge in [-0.15, -0.1) is 11.3 Å². The largest absolute Gasteiger partial charge is 0.361 e. The van der Waals surface area contributed by atoms with Crippen LogP contribution in [0.1, 0.15) is 57.8 Å². The van der Waals surface area contributed by atoms with E-state index in [2.05, 4.69) is 15.6 Å². The highest BCUT2D eigenvalue weighted by molar-refractivity contribution is 7.14. The van der Waals surface area contributed by atoms with E-state index in [1.807, 2.05) is 45.2 Å². The fourth-order valence-corrected chi connectivity index (χ4v) is 6.02. The van der Waals surface area contributed by atoms with Gasteiger partial charge in [-0.25, -0.2) is 9.37 Å². The summed E-state index contributed by atoms with van der Waals surface area (Å²) in [7, 11) is 0. The summed E-state index contributed by atoms with van der Waals surface area (Å²) in [6.07, 6.45) is -0.806. The topological polar surface area (TPSA) is 101 Å². The highest BCUT2D eigenvalue weighted by Gasteiger charge is 2.63. The highest BCUT2D eigenvalue weighted by atomic mass is 32.1. The van der Waals surface area contributed by atoms with E-state index in [1.54, 1.807) is 19.1 Å². The van der Waals surface area contributed by atoms with Crippen molar-refractivity contribution in [1.29, 1.82) is 0 Å². The fourth-order valence-electron chi connectivity index (χ4n) is 5.15. The number of hydrogen-bond donors (Lipinski definition) is 2. The molecule has 0 unspecified atom stereocenters. The molecule has 2 amide bonds. The quantitative estimate of drug-likeness (QED) is 0.507. The van der Waals surface area contributed by atoms with Crippen molar-refractivity contribution >= 4 is 34.1 Å². The molecule has 2 aromatic rings. The van der Waals surface area contributed by atoms with Crippen LogP contribution in [0.3, 0.4) is 0 Å². The summed E-state index contributed by atoms with van der Waals surface area (Å²) < 4.78 is 20.6. The number of alkyl halides is 1. The van der Waals surface area contributed by atoms with Crippen molar-refractivity contribution in [3.63, 3.8) is 0 Å². The number of ether oxygens (including phenoxy) is 1. The Hall–Kier alpha value is -2.85. The molecule has 2 N–H and O–H groups in total. The van der Waals surface area contributed by atoms with Crippen molar-refractivity contribution in [2.24, 2.45) is 5.92 Å². The van der Waals surface area contributed by atoms with Crippen LogP contribution in [0.4, 0.5) is 9.52 Å². The van der Waals surface area contributed by atoms with Gasteiger partial charge in [-0.05, 0) is 44.7 Å². The van der Waals surface area contributed by atoms with Crippen LogP contribution in [-0.2, 0) is 14.3 Å². The Morgan fingerprint density at radius 1 is 1.24 bits per heavy atom. The molecule has 2 fully saturated rings. The van der Waals surface area contributed by atoms with Gasteiger partial charge in [-0.1, -0.05) is 32.9 Å². The number of likely N-dealkylation sites (tertiary alicyclic amines) is 1. The van der Waals surface area contributed by atoms with E-state index in [-0.39, 0.29) is 37.3 Å². The van der Waals surface area contributed by atoms with Crippen LogP contribution in [0.2, 0.25) is 0 Å². The number of thiazole rings is 1. The van der Waals surface area contributed by atoms with Gasteiger partial charge in [0.05, 0.1) is 12.2 Å². The van der Waals surface area contributed by atoms with Gasteiger partial charge >= 0.3 is 0 Å². The number of halogens is 1. The van der Waals surface area contributed by atoms with Crippen LogP contribution in [-0.4, -0.2) is 70.5 Å². The molecule has 8 nitrogen and oxygen atoms in total. The van der Waals surface area contributed by atoms with Crippen molar-refractivity contribution < 1.29 is 23.5 Å². The first-order chi connectivity index (χ1) is 17.6. The number of carbonyl (C=O) groups is 3. The summed E-state index contributed by atoms with van der Waals surface area (Å²) in [5, 5.41) is 8.90. The van der Waals surface area contributed by atoms with Gasteiger partial charge in [0.1, 0.15) is 30.5 Å². The molecule has 4 atom stereocenters. The lowest BCUT2D eigenvalue weighted by atomic mass is 9.90. The first-order valence-corrected chi connectivity index (χ1v) is 13.7. The number of amides is 2. The number of anilines is 1. The van der Waals surface area contributed by atoms with Crippen molar-refractivity contribution in [1.82, 2.24) is 15.2 Å². The average molecular weight is 531 g/mol. The summed E-state index contributed by atoms with van der Waals surface area (Å²) in [6.45, 7) is 9.32. The number of aromatic nitrogens is 1. The van der Waals surface area contributed by atoms with Gasteiger partial charge in [-0.2, -0.15) is 0 Å². The number of benzene rings is 1. The van der Waals surface area contributed by atoms with Crippen molar-refractivity contribution in [3.05, 3.63) is 35.2 Å². The standard InChI is InChI=1S/C27H35FN4O4S/c1-6-27-22(28)12-32(23(27)21(33)13-36-27)25(35)19(11-15(2)3)30-24(34)18-9-7-17(8-10-18)20-14-37-26(31-20)29-16(4)5/h7-10,14-16,19,22-23H,6,11-13H2,1-5H3,(H,29,31)(H,30,34)/t19-,22-,23+,27+/m0/s1. The summed E-state index contributed by atoms with van der Waals surface area (Å²) >= 11 is 1.52. The molecule has 0 saturated carbocycles. The molecular weight excluding hydrogens is 495 g/mol. The van der Waals surface area contributed by atoms with E-state index in [0.29, 0.717) is 12.0 Å². The smallest absolute Gasteiger partial charge is 0.251 e. The third kappa shape index (κ3) is 5.40. The minimum absolute atomic E-state index is 0.0881. The van der Waals surface area contributed by atoms with Gasteiger partial charge in [0.25, 0.3) is 5.91 Å². The van der Waals surface area contributed by atoms with E-state index in [1.165, 1.54) is 16.2 Å². The molecule has 10 heteroatoms. The highest BCUT2D eigenvalue weighted by Crippen LogP contribution is 2.42. The number of nitrogens with one attached hydrogen (secondary N) is 2. The summed E-state index contributed by atoms with van der Waals surface area (Å²) in [5.41, 5.74) is 0.788. The second kappa shape index (κ2) is 10.9. The second-order valence-corrected chi connectivity index (χ2v) is 11.4. The van der Waals surface area contributed by atoms with E-state index >= 15 is 4.39 Å². The van der Waals surface area contributed by atoms with Gasteiger partial charge in [-0.3, -0.25) is 14.4 Å². The Morgan fingerprint density at radius 3 is 2.57 bits per heavy atom. The average Bonchev–Trinajstić information content (AvgIpc) is 3.53. The molecule has 0 aliphatic carbocycles. The summed E-state index contributed by atoms with van der Waals surface area (Å²) in [5.74, 6) is -1.06. The van der Waals surface area contributed by atoms with Crippen LogP contribution in [0.25, 0.3) is 11.3 Å². The third-order valence-corrected chi connectivity index (χ3v) is 7.73. The van der Waals surface area contributed by atoms with Crippen LogP contribution in [0, 0.1) is 5.92 Å². The third-order valence-electron chi connectivity index (χ3n) is 6.96. The van der Waals surface area contributed by atoms with Gasteiger partial charge < -0.3 is 20.3 Å². The van der Waals surface area contributed by atoms with Crippen molar-refractivity contribution in [2.45, 2.75) is 77.4 Å². The molecule has 1 aromatic carbocycles. The van der Waals surface area contributed by atoms with Crippen LogP contribution < -0.4 is 10.6 Å². The zero-order valence-electron chi connectivity index (χ0n) is 21.9. The molecule has 200 valence electrons. The molecule has 4 rings (SSSR count). The first kappa shape index (κ1) is 27.2. The van der Waals surface area contributed by atoms with Gasteiger partial charge in [0.15, 0.2) is 10.9 Å². The van der Waals surface area contributed by atoms with Crippen LogP contribution in [0.5, 0.6) is 0 Å². The summed E-state index contributed by atoms with van der Waals surface area (Å²) in [4.78, 5) is 45.2. The number of fused-ring (bicyclic) bond motifs is 1. The first-order valence-electron chi connectivity index (χ1n) is 12.8. The molecule has 2 saturated heterocycles. The maximum atomic E-state index is 15.0. The second-order valence-electron chi connectivity index (χ2n) is 10.5. The zero-order chi connectivity index (χ0) is 26.9. The molecule has 37 heavy (non-hydrogen) atoms. The number of Topliss-reactive ketones (excluding diaryl/α,β-unsaturated/α-hetero) is 1. The number of ketones is 1. The Kier molecular flexibility index (Phi) is 7.99. The molecule has 2 aliphatic rings. The molecule has 3 heterocycles. The normalized spacial score (nSPS) is 24.0. The molecule has 0 bridgehead atoms. The maximum Gasteiger partial charge on any atom is 0.251 e. The van der Waals surface area contributed by atoms with E-state index in [0.717, 1.165) is 16.4 Å². The van der Waals surface area contributed by atoms with Crippen molar-refractivity contribution in [3.8, 4) is 11.3 Å². The lowest BCUT2D eigenvalue weighted by Gasteiger charge is -2.31. The monoisotopic (exact) mass is 530 g/mol. The molecule has 1 aromatic heterocycles. The number of carbonyl (C=O) groups excluding carboxylic acids is 3. The number of rotatable bonds is 9. The summed E-state index contributed by atoms with van der Waals surface area (Å²) in [6, 6.07) is 5.46. The number of nitrogens with zero attached hydrogens (tertiary/aromatic N) is 2. The van der Waals surface area contributed by atoms with E-state index < -0.39 is 35.7 Å². The minimum atomic E-state index is -1.46. The zero-order valence-corrected chi connectivity index (χ0v) is 22.7. The number of hydrogen-bond acceptors (Lipinski definition) is 7. The van der Waals surface area contributed by atoms with E-state index in [9.17, 15) is 14.4 Å². The maximum absolute atomic E-state index is 15.0. The SMILES string of the molecule is CC[C@]12OCC(=O)[C@H]1N(C(=O)[C@H](CC(C)C)NC(=O)c1ccc(-c3csc(NC(C)C)n3)cc1)C[C@@H]2F. The van der Waals surface area contributed by atoms with Crippen LogP contribution >= 0.6 is 11.3 Å². The Balaban J connectivity index is 1.49. The van der Waals surface area contributed by atoms with Gasteiger partial charge in [0.2, 0.25) is 5.91 Å².